The van der Waals surface area contributed by atoms with Crippen LogP contribution in [0.2, 0.25) is 0 Å². The molecule has 5 heteroatoms. The molecule has 18 heavy (non-hydrogen) atoms. The fraction of sp³-hybridized carbons (Fsp3) is 0.538. The van der Waals surface area contributed by atoms with Crippen molar-refractivity contribution in [1.29, 1.82) is 0 Å². The maximum Gasteiger partial charge on any atom is 0.146 e. The molecule has 0 aromatic heterocycles. The first-order valence-corrected chi connectivity index (χ1v) is 6.50. The normalized spacial score (nSPS) is 24.3. The Labute approximate surface area is 112 Å². The van der Waals surface area contributed by atoms with Crippen molar-refractivity contribution in [1.82, 2.24) is 4.84 Å². The van der Waals surface area contributed by atoms with Crippen LogP contribution in [0.25, 0.3) is 0 Å². The van der Waals surface area contributed by atoms with Gasteiger partial charge >= 0.3 is 0 Å². The van der Waals surface area contributed by atoms with E-state index in [2.05, 4.69) is 4.84 Å². The van der Waals surface area contributed by atoms with Crippen molar-refractivity contribution in [3.8, 4) is 0 Å². The van der Waals surface area contributed by atoms with Crippen LogP contribution in [0.5, 0.6) is 0 Å². The quantitative estimate of drug-likeness (QED) is 0.857. The fourth-order valence-electron chi connectivity index (χ4n) is 2.37. The van der Waals surface area contributed by atoms with Gasteiger partial charge in [-0.25, -0.2) is 9.23 Å². The molecule has 0 saturated carbocycles. The van der Waals surface area contributed by atoms with Crippen molar-refractivity contribution in [2.24, 2.45) is 0 Å². The van der Waals surface area contributed by atoms with Gasteiger partial charge in [0.1, 0.15) is 5.82 Å². The van der Waals surface area contributed by atoms with E-state index >= 15 is 0 Å². The number of ether oxygens (including phenoxy) is 1. The van der Waals surface area contributed by atoms with Crippen LogP contribution in [0.1, 0.15) is 19.4 Å². The van der Waals surface area contributed by atoms with Crippen LogP contribution in [-0.4, -0.2) is 25.3 Å². The summed E-state index contributed by atoms with van der Waals surface area (Å²) < 4.78 is 19.7. The minimum absolute atomic E-state index is 0.123. The van der Waals surface area contributed by atoms with Crippen molar-refractivity contribution in [2.75, 3.05) is 18.0 Å². The van der Waals surface area contributed by atoms with Gasteiger partial charge < -0.3 is 9.64 Å². The molecule has 1 heterocycles. The summed E-state index contributed by atoms with van der Waals surface area (Å²) in [6.07, 6.45) is 0.245. The topological polar surface area (TPSA) is 24.5 Å². The molecule has 0 bridgehead atoms. The summed E-state index contributed by atoms with van der Waals surface area (Å²) in [5.74, 6) is -0.208. The number of anilines is 1. The van der Waals surface area contributed by atoms with Gasteiger partial charge in [-0.1, -0.05) is 6.07 Å². The summed E-state index contributed by atoms with van der Waals surface area (Å²) in [4.78, 5) is 4.53. The van der Waals surface area contributed by atoms with Crippen molar-refractivity contribution >= 4 is 17.5 Å². The van der Waals surface area contributed by atoms with Crippen LogP contribution in [0.4, 0.5) is 10.1 Å². The van der Waals surface area contributed by atoms with Crippen LogP contribution < -0.4 is 9.74 Å². The molecule has 2 rings (SSSR count). The highest BCUT2D eigenvalue weighted by Gasteiger charge is 2.24. The van der Waals surface area contributed by atoms with Crippen LogP contribution in [0.3, 0.4) is 0 Å². The van der Waals surface area contributed by atoms with Gasteiger partial charge in [-0.05, 0) is 43.3 Å². The molecule has 1 N–H and O–H groups in total. The largest absolute Gasteiger partial charge is 0.372 e. The second-order valence-corrected chi connectivity index (χ2v) is 5.03. The summed E-state index contributed by atoms with van der Waals surface area (Å²) >= 11 is 5.42. The Bertz CT molecular complexity index is 406. The van der Waals surface area contributed by atoms with Crippen LogP contribution in [-0.2, 0) is 11.3 Å². The van der Waals surface area contributed by atoms with Gasteiger partial charge in [-0.3, -0.25) is 0 Å². The smallest absolute Gasteiger partial charge is 0.146 e. The molecule has 1 fully saturated rings. The maximum atomic E-state index is 14.1. The molecule has 3 nitrogen and oxygen atoms in total. The zero-order valence-corrected chi connectivity index (χ0v) is 11.4. The Morgan fingerprint density at radius 3 is 2.61 bits per heavy atom. The van der Waals surface area contributed by atoms with Crippen molar-refractivity contribution < 1.29 is 9.13 Å². The first-order chi connectivity index (χ1) is 8.60. The molecule has 1 aliphatic rings. The van der Waals surface area contributed by atoms with E-state index in [-0.39, 0.29) is 18.0 Å². The number of benzene rings is 1. The van der Waals surface area contributed by atoms with Gasteiger partial charge in [0.25, 0.3) is 0 Å². The summed E-state index contributed by atoms with van der Waals surface area (Å²) in [6.45, 7) is 5.90. The molecule has 2 unspecified atom stereocenters. The minimum Gasteiger partial charge on any atom is -0.372 e. The molecule has 0 spiro atoms. The van der Waals surface area contributed by atoms with Crippen LogP contribution in [0, 0.1) is 5.82 Å². The zero-order valence-electron chi connectivity index (χ0n) is 10.6. The van der Waals surface area contributed by atoms with Crippen molar-refractivity contribution in [3.05, 3.63) is 29.6 Å². The predicted octanol–water partition coefficient (Wildman–Crippen LogP) is 2.68. The number of morpholine rings is 1. The second-order valence-electron chi connectivity index (χ2n) is 4.76. The lowest BCUT2D eigenvalue weighted by Gasteiger charge is -2.37. The molecule has 0 radical (unpaired) electrons. The highest BCUT2D eigenvalue weighted by Crippen LogP contribution is 2.24. The Morgan fingerprint density at radius 1 is 1.39 bits per heavy atom. The molecule has 100 valence electrons. The van der Waals surface area contributed by atoms with Gasteiger partial charge in [0.2, 0.25) is 0 Å². The standard InChI is InChI=1S/C13H18ClFN2O/c1-9-7-17(8-10(2)18-9)13-4-3-11(6-16-14)5-12(13)15/h3-5,9-10,16H,6-8H2,1-2H3. The Hall–Kier alpha value is -0.840. The molecule has 0 aliphatic carbocycles. The summed E-state index contributed by atoms with van der Waals surface area (Å²) in [5, 5.41) is 0. The van der Waals surface area contributed by atoms with Gasteiger partial charge in [0.15, 0.2) is 0 Å². The summed E-state index contributed by atoms with van der Waals surface area (Å²) in [5.41, 5.74) is 1.47. The van der Waals surface area contributed by atoms with E-state index in [1.165, 1.54) is 6.07 Å². The monoisotopic (exact) mass is 272 g/mol. The number of hydrogen-bond acceptors (Lipinski definition) is 3. The third-order valence-corrected chi connectivity index (χ3v) is 3.18. The minimum atomic E-state index is -0.208. The number of nitrogens with zero attached hydrogens (tertiary/aromatic N) is 1. The van der Waals surface area contributed by atoms with E-state index in [0.717, 1.165) is 5.56 Å². The molecule has 1 aromatic carbocycles. The maximum absolute atomic E-state index is 14.1. The Morgan fingerprint density at radius 2 is 2.06 bits per heavy atom. The van der Waals surface area contributed by atoms with E-state index in [4.69, 9.17) is 16.5 Å². The number of nitrogens with one attached hydrogen (secondary N) is 1. The average molecular weight is 273 g/mol. The third kappa shape index (κ3) is 3.13. The number of halogens is 2. The lowest BCUT2D eigenvalue weighted by atomic mass is 10.1. The molecular weight excluding hydrogens is 255 g/mol. The summed E-state index contributed by atoms with van der Waals surface area (Å²) in [6, 6.07) is 5.22. The van der Waals surface area contributed by atoms with Crippen molar-refractivity contribution in [3.63, 3.8) is 0 Å². The molecule has 1 saturated heterocycles. The molecule has 0 amide bonds. The third-order valence-electron chi connectivity index (χ3n) is 3.04. The van der Waals surface area contributed by atoms with E-state index in [0.29, 0.717) is 25.3 Å². The predicted molar refractivity (Wildman–Crippen MR) is 71.3 cm³/mol. The van der Waals surface area contributed by atoms with E-state index in [1.807, 2.05) is 30.9 Å². The van der Waals surface area contributed by atoms with Gasteiger partial charge in [-0.2, -0.15) is 0 Å². The summed E-state index contributed by atoms with van der Waals surface area (Å²) in [7, 11) is 0. The van der Waals surface area contributed by atoms with E-state index < -0.39 is 0 Å². The highest BCUT2D eigenvalue weighted by atomic mass is 35.5. The second kappa shape index (κ2) is 5.87. The highest BCUT2D eigenvalue weighted by molar-refractivity contribution is 6.13. The van der Waals surface area contributed by atoms with E-state index in [9.17, 15) is 4.39 Å². The molecule has 1 aromatic rings. The molecule has 1 aliphatic heterocycles. The number of rotatable bonds is 3. The van der Waals surface area contributed by atoms with E-state index in [1.54, 1.807) is 0 Å². The lowest BCUT2D eigenvalue weighted by Crippen LogP contribution is -2.45. The number of hydrogen-bond donors (Lipinski definition) is 1. The SMILES string of the molecule is CC1CN(c2ccc(CNCl)cc2F)CC(C)O1. The molecular formula is C13H18ClFN2O. The van der Waals surface area contributed by atoms with Gasteiger partial charge in [-0.15, -0.1) is 0 Å². The Kier molecular flexibility index (Phi) is 4.43. The van der Waals surface area contributed by atoms with Gasteiger partial charge in [0.05, 0.1) is 17.9 Å². The fourth-order valence-corrected chi connectivity index (χ4v) is 2.52. The first-order valence-electron chi connectivity index (χ1n) is 6.12. The average Bonchev–Trinajstić information content (AvgIpc) is 2.28. The first kappa shape index (κ1) is 13.6. The zero-order chi connectivity index (χ0) is 13.1. The van der Waals surface area contributed by atoms with Gasteiger partial charge in [0, 0.05) is 19.6 Å². The van der Waals surface area contributed by atoms with Crippen LogP contribution >= 0.6 is 11.8 Å². The lowest BCUT2D eigenvalue weighted by molar-refractivity contribution is -0.00539. The van der Waals surface area contributed by atoms with Crippen molar-refractivity contribution in [2.45, 2.75) is 32.6 Å². The molecule has 2 atom stereocenters. The van der Waals surface area contributed by atoms with Crippen LogP contribution in [0.15, 0.2) is 18.2 Å². The Balaban J connectivity index is 2.17.